The minimum absolute atomic E-state index is 0.00170. The highest BCUT2D eigenvalue weighted by molar-refractivity contribution is 6.30. The second-order valence-electron chi connectivity index (χ2n) is 9.82. The van der Waals surface area contributed by atoms with E-state index in [1.807, 2.05) is 73.5 Å². The third kappa shape index (κ3) is 7.62. The number of aromatic amines is 1. The Morgan fingerprint density at radius 2 is 1.61 bits per heavy atom. The second-order valence-corrected chi connectivity index (χ2v) is 10.3. The highest BCUT2D eigenvalue weighted by atomic mass is 35.5. The number of benzene rings is 3. The van der Waals surface area contributed by atoms with Crippen molar-refractivity contribution in [1.29, 1.82) is 0 Å². The predicted octanol–water partition coefficient (Wildman–Crippen LogP) is 5.96. The van der Waals surface area contributed by atoms with Crippen molar-refractivity contribution < 1.29 is 14.3 Å². The molecule has 4 rings (SSSR count). The lowest BCUT2D eigenvalue weighted by atomic mass is 10.1. The van der Waals surface area contributed by atoms with Crippen LogP contribution in [0.3, 0.4) is 0 Å². The van der Waals surface area contributed by atoms with Crippen molar-refractivity contribution in [1.82, 2.24) is 14.8 Å². The van der Waals surface area contributed by atoms with Gasteiger partial charge in [-0.25, -0.2) is 0 Å². The van der Waals surface area contributed by atoms with Crippen LogP contribution in [0.1, 0.15) is 25.0 Å². The minimum Gasteiger partial charge on any atom is -0.484 e. The smallest absolute Gasteiger partial charge is 0.260 e. The Bertz CT molecular complexity index is 1340. The number of fused-ring (bicyclic) bond motifs is 1. The number of carbonyl (C=O) groups excluding carboxylic acids is 2. The van der Waals surface area contributed by atoms with E-state index in [4.69, 9.17) is 16.3 Å². The minimum atomic E-state index is -0.224. The van der Waals surface area contributed by atoms with E-state index in [1.165, 1.54) is 0 Å². The molecule has 0 radical (unpaired) electrons. The van der Waals surface area contributed by atoms with Crippen molar-refractivity contribution in [3.63, 3.8) is 0 Å². The van der Waals surface area contributed by atoms with Crippen molar-refractivity contribution in [2.75, 3.05) is 26.2 Å². The van der Waals surface area contributed by atoms with Crippen LogP contribution >= 0.6 is 11.6 Å². The summed E-state index contributed by atoms with van der Waals surface area (Å²) in [6.45, 7) is 5.41. The molecule has 0 aliphatic heterocycles. The summed E-state index contributed by atoms with van der Waals surface area (Å²) in [5.74, 6) is 0.451. The van der Waals surface area contributed by atoms with E-state index in [2.05, 4.69) is 11.1 Å². The number of hydrogen-bond donors (Lipinski definition) is 1. The molecule has 7 heteroatoms. The monoisotopic (exact) mass is 531 g/mol. The maximum Gasteiger partial charge on any atom is 0.260 e. The first kappa shape index (κ1) is 27.3. The number of nitrogens with one attached hydrogen (secondary N) is 1. The molecule has 0 fully saturated rings. The van der Waals surface area contributed by atoms with Crippen LogP contribution in [0, 0.1) is 5.92 Å². The van der Waals surface area contributed by atoms with Gasteiger partial charge in [0.15, 0.2) is 6.61 Å². The summed E-state index contributed by atoms with van der Waals surface area (Å²) in [4.78, 5) is 33.5. The molecular formula is C31H34ClN3O3. The molecule has 0 aliphatic rings. The summed E-state index contributed by atoms with van der Waals surface area (Å²) in [5, 5.41) is 1.76. The molecule has 0 spiro atoms. The van der Waals surface area contributed by atoms with E-state index < -0.39 is 0 Å². The van der Waals surface area contributed by atoms with Gasteiger partial charge in [0, 0.05) is 41.8 Å². The zero-order valence-electron chi connectivity index (χ0n) is 21.9. The molecule has 198 valence electrons. The molecule has 1 heterocycles. The van der Waals surface area contributed by atoms with Gasteiger partial charge in [0.05, 0.1) is 6.54 Å². The van der Waals surface area contributed by atoms with Crippen molar-refractivity contribution >= 4 is 34.3 Å². The number of hydrogen-bond acceptors (Lipinski definition) is 3. The van der Waals surface area contributed by atoms with Gasteiger partial charge in [-0.2, -0.15) is 0 Å². The Balaban J connectivity index is 1.46. The predicted molar refractivity (Wildman–Crippen MR) is 152 cm³/mol. The normalized spacial score (nSPS) is 11.1. The van der Waals surface area contributed by atoms with Crippen LogP contribution in [0.2, 0.25) is 5.02 Å². The first-order chi connectivity index (χ1) is 18.4. The molecule has 0 saturated heterocycles. The second kappa shape index (κ2) is 13.2. The van der Waals surface area contributed by atoms with Gasteiger partial charge in [0.25, 0.3) is 5.91 Å². The highest BCUT2D eigenvalue weighted by Gasteiger charge is 2.23. The summed E-state index contributed by atoms with van der Waals surface area (Å²) in [5.41, 5.74) is 3.29. The van der Waals surface area contributed by atoms with Gasteiger partial charge in [0.1, 0.15) is 5.75 Å². The summed E-state index contributed by atoms with van der Waals surface area (Å²) in [6.07, 6.45) is 2.72. The van der Waals surface area contributed by atoms with Gasteiger partial charge in [-0.1, -0.05) is 74.0 Å². The van der Waals surface area contributed by atoms with E-state index in [1.54, 1.807) is 29.2 Å². The summed E-state index contributed by atoms with van der Waals surface area (Å²) in [6, 6.07) is 25.0. The Morgan fingerprint density at radius 3 is 2.34 bits per heavy atom. The first-order valence-corrected chi connectivity index (χ1v) is 13.3. The molecule has 3 aromatic carbocycles. The average Bonchev–Trinajstić information content (AvgIpc) is 3.33. The standard InChI is InChI=1S/C31H34ClN3O3/c1-23(2)19-35(31(37)22-38-27-14-12-26(32)13-15-27)21-30(36)34(20-24-8-4-3-5-9-24)17-16-25-18-33-29-11-7-6-10-28(25)29/h3-15,18,23,33H,16-17,19-22H2,1-2H3. The number of aromatic nitrogens is 1. The lowest BCUT2D eigenvalue weighted by Gasteiger charge is -2.29. The largest absolute Gasteiger partial charge is 0.484 e. The van der Waals surface area contributed by atoms with Gasteiger partial charge in [0.2, 0.25) is 5.91 Å². The molecule has 1 aromatic heterocycles. The molecule has 0 aliphatic carbocycles. The third-order valence-corrected chi connectivity index (χ3v) is 6.59. The zero-order chi connectivity index (χ0) is 26.9. The average molecular weight is 532 g/mol. The maximum atomic E-state index is 13.6. The number of nitrogens with zero attached hydrogens (tertiary/aromatic N) is 2. The molecule has 4 aromatic rings. The fraction of sp³-hybridized carbons (Fsp3) is 0.290. The van der Waals surface area contributed by atoms with Gasteiger partial charge in [-0.3, -0.25) is 9.59 Å². The Kier molecular flexibility index (Phi) is 9.44. The third-order valence-electron chi connectivity index (χ3n) is 6.34. The quantitative estimate of drug-likeness (QED) is 0.245. The van der Waals surface area contributed by atoms with Crippen molar-refractivity contribution in [2.45, 2.75) is 26.8 Å². The van der Waals surface area contributed by atoms with Crippen LogP contribution in [-0.4, -0.2) is 52.8 Å². The first-order valence-electron chi connectivity index (χ1n) is 12.9. The van der Waals surface area contributed by atoms with Gasteiger partial charge >= 0.3 is 0 Å². The van der Waals surface area contributed by atoms with E-state index >= 15 is 0 Å². The molecule has 6 nitrogen and oxygen atoms in total. The summed E-state index contributed by atoms with van der Waals surface area (Å²) in [7, 11) is 0. The molecule has 0 atom stereocenters. The van der Waals surface area contributed by atoms with E-state index in [0.717, 1.165) is 22.0 Å². The summed E-state index contributed by atoms with van der Waals surface area (Å²) < 4.78 is 5.68. The lowest BCUT2D eigenvalue weighted by molar-refractivity contribution is -0.142. The Hall–Kier alpha value is -3.77. The Morgan fingerprint density at radius 1 is 0.895 bits per heavy atom. The van der Waals surface area contributed by atoms with E-state index in [-0.39, 0.29) is 30.9 Å². The number of para-hydroxylation sites is 1. The number of rotatable bonds is 12. The van der Waals surface area contributed by atoms with E-state index in [9.17, 15) is 9.59 Å². The van der Waals surface area contributed by atoms with Crippen LogP contribution in [0.4, 0.5) is 0 Å². The molecule has 0 bridgehead atoms. The van der Waals surface area contributed by atoms with Crippen molar-refractivity contribution in [3.05, 3.63) is 101 Å². The van der Waals surface area contributed by atoms with Crippen molar-refractivity contribution in [3.8, 4) is 5.75 Å². The van der Waals surface area contributed by atoms with Crippen LogP contribution < -0.4 is 4.74 Å². The molecular weight excluding hydrogens is 498 g/mol. The van der Waals surface area contributed by atoms with Crippen LogP contribution in [0.25, 0.3) is 10.9 Å². The molecule has 0 unspecified atom stereocenters. The number of H-pyrrole nitrogens is 1. The number of ether oxygens (including phenoxy) is 1. The van der Waals surface area contributed by atoms with Crippen LogP contribution in [0.15, 0.2) is 85.1 Å². The number of carbonyl (C=O) groups is 2. The topological polar surface area (TPSA) is 65.6 Å². The molecule has 0 saturated carbocycles. The lowest BCUT2D eigenvalue weighted by Crippen LogP contribution is -2.46. The van der Waals surface area contributed by atoms with Crippen LogP contribution in [-0.2, 0) is 22.6 Å². The number of amides is 2. The van der Waals surface area contributed by atoms with Crippen LogP contribution in [0.5, 0.6) is 5.75 Å². The highest BCUT2D eigenvalue weighted by Crippen LogP contribution is 2.19. The molecule has 1 N–H and O–H groups in total. The van der Waals surface area contributed by atoms with Gasteiger partial charge in [-0.05, 0) is 53.8 Å². The zero-order valence-corrected chi connectivity index (χ0v) is 22.7. The van der Waals surface area contributed by atoms with Gasteiger partial charge in [-0.15, -0.1) is 0 Å². The fourth-order valence-corrected chi connectivity index (χ4v) is 4.54. The van der Waals surface area contributed by atoms with E-state index in [0.29, 0.717) is 36.8 Å². The Labute approximate surface area is 229 Å². The number of halogens is 1. The maximum absolute atomic E-state index is 13.6. The fourth-order valence-electron chi connectivity index (χ4n) is 4.42. The molecule has 38 heavy (non-hydrogen) atoms. The molecule has 2 amide bonds. The van der Waals surface area contributed by atoms with Gasteiger partial charge < -0.3 is 19.5 Å². The SMILES string of the molecule is CC(C)CN(CC(=O)N(CCc1c[nH]c2ccccc12)Cc1ccccc1)C(=O)COc1ccc(Cl)cc1. The van der Waals surface area contributed by atoms with Crippen molar-refractivity contribution in [2.24, 2.45) is 5.92 Å². The summed E-state index contributed by atoms with van der Waals surface area (Å²) >= 11 is 5.94.